The number of rotatable bonds is 7. The molecule has 0 saturated carbocycles. The standard InChI is InChI=1S/C19H28FN5/c1-5-21-19(23-11-16-6-7-17(20)15(4)10-16)24-12-18-22-8-9-25(18)13-14(2)3/h6-10,14H,5,11-13H2,1-4H3,(H2,21,23,24). The van der Waals surface area contributed by atoms with Gasteiger partial charge in [0.25, 0.3) is 0 Å². The van der Waals surface area contributed by atoms with E-state index in [1.807, 2.05) is 25.4 Å². The molecule has 0 fully saturated rings. The zero-order chi connectivity index (χ0) is 18.2. The molecule has 0 aliphatic rings. The Bertz CT molecular complexity index is 706. The lowest BCUT2D eigenvalue weighted by atomic mass is 10.1. The molecular weight excluding hydrogens is 317 g/mol. The monoisotopic (exact) mass is 345 g/mol. The Morgan fingerprint density at radius 1 is 1.32 bits per heavy atom. The molecule has 0 atom stereocenters. The van der Waals surface area contributed by atoms with Crippen molar-refractivity contribution < 1.29 is 4.39 Å². The number of nitrogens with one attached hydrogen (secondary N) is 2. The van der Waals surface area contributed by atoms with Crippen LogP contribution in [0.3, 0.4) is 0 Å². The van der Waals surface area contributed by atoms with E-state index in [0.29, 0.717) is 24.6 Å². The van der Waals surface area contributed by atoms with Crippen LogP contribution in [0.25, 0.3) is 0 Å². The van der Waals surface area contributed by atoms with Crippen molar-refractivity contribution in [1.82, 2.24) is 20.2 Å². The van der Waals surface area contributed by atoms with Gasteiger partial charge in [-0.2, -0.15) is 0 Å². The SMILES string of the molecule is CCNC(=NCc1ccc(F)c(C)c1)NCc1nccn1CC(C)C. The number of aromatic nitrogens is 2. The van der Waals surface area contributed by atoms with Gasteiger partial charge in [-0.1, -0.05) is 26.0 Å². The molecule has 0 spiro atoms. The van der Waals surface area contributed by atoms with E-state index in [0.717, 1.165) is 30.4 Å². The molecule has 0 unspecified atom stereocenters. The normalized spacial score (nSPS) is 11.8. The van der Waals surface area contributed by atoms with Crippen LogP contribution in [0.5, 0.6) is 0 Å². The van der Waals surface area contributed by atoms with E-state index >= 15 is 0 Å². The van der Waals surface area contributed by atoms with Crippen LogP contribution >= 0.6 is 0 Å². The Hall–Kier alpha value is -2.37. The number of guanidine groups is 1. The lowest BCUT2D eigenvalue weighted by Crippen LogP contribution is -2.37. The van der Waals surface area contributed by atoms with Crippen molar-refractivity contribution in [2.75, 3.05) is 6.54 Å². The topological polar surface area (TPSA) is 54.2 Å². The van der Waals surface area contributed by atoms with Crippen molar-refractivity contribution in [3.8, 4) is 0 Å². The van der Waals surface area contributed by atoms with Gasteiger partial charge in [-0.3, -0.25) is 0 Å². The second-order valence-electron chi connectivity index (χ2n) is 6.52. The molecule has 0 aliphatic carbocycles. The van der Waals surface area contributed by atoms with Crippen molar-refractivity contribution in [3.63, 3.8) is 0 Å². The molecule has 136 valence electrons. The fourth-order valence-electron chi connectivity index (χ4n) is 2.55. The number of benzene rings is 1. The zero-order valence-corrected chi connectivity index (χ0v) is 15.5. The molecule has 2 aromatic rings. The predicted octanol–water partition coefficient (Wildman–Crippen LogP) is 3.24. The summed E-state index contributed by atoms with van der Waals surface area (Å²) >= 11 is 0. The summed E-state index contributed by atoms with van der Waals surface area (Å²) in [5, 5.41) is 6.54. The van der Waals surface area contributed by atoms with Gasteiger partial charge in [-0.25, -0.2) is 14.4 Å². The van der Waals surface area contributed by atoms with E-state index in [4.69, 9.17) is 0 Å². The van der Waals surface area contributed by atoms with Gasteiger partial charge >= 0.3 is 0 Å². The Labute approximate surface area is 149 Å². The van der Waals surface area contributed by atoms with Crippen LogP contribution in [0, 0.1) is 18.7 Å². The molecule has 6 heteroatoms. The molecular formula is C19H28FN5. The molecule has 25 heavy (non-hydrogen) atoms. The quantitative estimate of drug-likeness (QED) is 0.598. The van der Waals surface area contributed by atoms with Crippen molar-refractivity contribution in [1.29, 1.82) is 0 Å². The number of aliphatic imine (C=N–C) groups is 1. The highest BCUT2D eigenvalue weighted by Crippen LogP contribution is 2.10. The van der Waals surface area contributed by atoms with Gasteiger partial charge in [0.1, 0.15) is 11.6 Å². The fraction of sp³-hybridized carbons (Fsp3) is 0.474. The largest absolute Gasteiger partial charge is 0.357 e. The Morgan fingerprint density at radius 2 is 2.12 bits per heavy atom. The summed E-state index contributed by atoms with van der Waals surface area (Å²) in [5.41, 5.74) is 1.62. The highest BCUT2D eigenvalue weighted by molar-refractivity contribution is 5.79. The first-order chi connectivity index (χ1) is 12.0. The van der Waals surface area contributed by atoms with Crippen molar-refractivity contribution in [3.05, 3.63) is 53.4 Å². The molecule has 0 radical (unpaired) electrons. The first kappa shape index (κ1) is 19.0. The number of nitrogens with zero attached hydrogens (tertiary/aromatic N) is 3. The number of imidazole rings is 1. The van der Waals surface area contributed by atoms with Gasteiger partial charge in [0.15, 0.2) is 5.96 Å². The van der Waals surface area contributed by atoms with Crippen LogP contribution < -0.4 is 10.6 Å². The van der Waals surface area contributed by atoms with Gasteiger partial charge < -0.3 is 15.2 Å². The lowest BCUT2D eigenvalue weighted by molar-refractivity contribution is 0.503. The summed E-state index contributed by atoms with van der Waals surface area (Å²) < 4.78 is 15.5. The molecule has 5 nitrogen and oxygen atoms in total. The maximum atomic E-state index is 13.4. The molecule has 0 saturated heterocycles. The third-order valence-corrected chi connectivity index (χ3v) is 3.76. The minimum absolute atomic E-state index is 0.185. The van der Waals surface area contributed by atoms with Crippen LogP contribution in [0.4, 0.5) is 4.39 Å². The van der Waals surface area contributed by atoms with Crippen LogP contribution in [0.2, 0.25) is 0 Å². The first-order valence-corrected chi connectivity index (χ1v) is 8.76. The van der Waals surface area contributed by atoms with Crippen LogP contribution in [-0.4, -0.2) is 22.1 Å². The molecule has 0 bridgehead atoms. The van der Waals surface area contributed by atoms with E-state index < -0.39 is 0 Å². The second-order valence-corrected chi connectivity index (χ2v) is 6.52. The van der Waals surface area contributed by atoms with Crippen LogP contribution in [-0.2, 0) is 19.6 Å². The third kappa shape index (κ3) is 5.89. The van der Waals surface area contributed by atoms with E-state index in [1.54, 1.807) is 13.0 Å². The number of hydrogen-bond acceptors (Lipinski definition) is 2. The summed E-state index contributed by atoms with van der Waals surface area (Å²) in [5.74, 6) is 2.09. The van der Waals surface area contributed by atoms with Gasteiger partial charge in [-0.15, -0.1) is 0 Å². The summed E-state index contributed by atoms with van der Waals surface area (Å²) in [4.78, 5) is 9.00. The maximum absolute atomic E-state index is 13.4. The maximum Gasteiger partial charge on any atom is 0.191 e. The Morgan fingerprint density at radius 3 is 2.80 bits per heavy atom. The van der Waals surface area contributed by atoms with Gasteiger partial charge in [0, 0.05) is 25.5 Å². The Kier molecular flexibility index (Phi) is 6.98. The van der Waals surface area contributed by atoms with Crippen molar-refractivity contribution >= 4 is 5.96 Å². The minimum atomic E-state index is -0.185. The highest BCUT2D eigenvalue weighted by atomic mass is 19.1. The van der Waals surface area contributed by atoms with E-state index in [9.17, 15) is 4.39 Å². The van der Waals surface area contributed by atoms with Crippen molar-refractivity contribution in [2.45, 2.75) is 47.3 Å². The van der Waals surface area contributed by atoms with E-state index in [-0.39, 0.29) is 5.82 Å². The summed E-state index contributed by atoms with van der Waals surface area (Å²) in [7, 11) is 0. The molecule has 1 heterocycles. The number of halogens is 1. The minimum Gasteiger partial charge on any atom is -0.357 e. The summed E-state index contributed by atoms with van der Waals surface area (Å²) in [6, 6.07) is 5.09. The molecule has 1 aromatic heterocycles. The fourth-order valence-corrected chi connectivity index (χ4v) is 2.55. The average molecular weight is 345 g/mol. The average Bonchev–Trinajstić information content (AvgIpc) is 2.99. The zero-order valence-electron chi connectivity index (χ0n) is 15.5. The molecule has 2 N–H and O–H groups in total. The smallest absolute Gasteiger partial charge is 0.191 e. The molecule has 1 aromatic carbocycles. The van der Waals surface area contributed by atoms with Gasteiger partial charge in [-0.05, 0) is 37.0 Å². The second kappa shape index (κ2) is 9.20. The molecule has 2 rings (SSSR count). The highest BCUT2D eigenvalue weighted by Gasteiger charge is 2.06. The molecule has 0 amide bonds. The van der Waals surface area contributed by atoms with Crippen LogP contribution in [0.15, 0.2) is 35.6 Å². The number of aryl methyl sites for hydroxylation is 1. The van der Waals surface area contributed by atoms with Gasteiger partial charge in [0.05, 0.1) is 13.1 Å². The van der Waals surface area contributed by atoms with E-state index in [1.165, 1.54) is 6.07 Å². The summed E-state index contributed by atoms with van der Waals surface area (Å²) in [6.07, 6.45) is 3.83. The third-order valence-electron chi connectivity index (χ3n) is 3.76. The summed E-state index contributed by atoms with van der Waals surface area (Å²) in [6.45, 7) is 11.0. The first-order valence-electron chi connectivity index (χ1n) is 8.76. The Balaban J connectivity index is 2.00. The van der Waals surface area contributed by atoms with Crippen LogP contribution in [0.1, 0.15) is 37.7 Å². The molecule has 0 aliphatic heterocycles. The van der Waals surface area contributed by atoms with Gasteiger partial charge in [0.2, 0.25) is 0 Å². The number of hydrogen-bond donors (Lipinski definition) is 2. The predicted molar refractivity (Wildman–Crippen MR) is 99.9 cm³/mol. The van der Waals surface area contributed by atoms with Crippen molar-refractivity contribution in [2.24, 2.45) is 10.9 Å². The van der Waals surface area contributed by atoms with E-state index in [2.05, 4.69) is 39.0 Å². The lowest BCUT2D eigenvalue weighted by Gasteiger charge is -2.14.